The number of carbonyl (C=O) groups is 1. The van der Waals surface area contributed by atoms with Crippen molar-refractivity contribution in [3.63, 3.8) is 0 Å². The molecule has 0 radical (unpaired) electrons. The Morgan fingerprint density at radius 1 is 0.962 bits per heavy atom. The smallest absolute Gasteiger partial charge is 0.268 e. The van der Waals surface area contributed by atoms with Gasteiger partial charge in [-0.3, -0.25) is 14.3 Å². The number of carbonyl (C=O) groups excluding carboxylic acids is 1. The summed E-state index contributed by atoms with van der Waals surface area (Å²) in [5.41, 5.74) is 1.97. The predicted octanol–water partition coefficient (Wildman–Crippen LogP) is 4.37. The van der Waals surface area contributed by atoms with E-state index >= 15 is 0 Å². The van der Waals surface area contributed by atoms with Crippen molar-refractivity contribution in [3.05, 3.63) is 83.7 Å². The fourth-order valence-corrected chi connectivity index (χ4v) is 2.95. The summed E-state index contributed by atoms with van der Waals surface area (Å²) in [6, 6.07) is 12.1. The molecule has 4 nitrogen and oxygen atoms in total. The molecule has 2 aromatic carbocycles. The number of fused-ring (bicyclic) bond motifs is 1. The Bertz CT molecular complexity index is 1120. The lowest BCUT2D eigenvalue weighted by Crippen LogP contribution is -2.17. The number of pyridine rings is 1. The number of rotatable bonds is 2. The van der Waals surface area contributed by atoms with Crippen molar-refractivity contribution in [2.24, 2.45) is 0 Å². The van der Waals surface area contributed by atoms with Gasteiger partial charge in [-0.25, -0.2) is 13.8 Å². The predicted molar refractivity (Wildman–Crippen MR) is 93.8 cm³/mol. The molecule has 0 N–H and O–H groups in total. The van der Waals surface area contributed by atoms with E-state index < -0.39 is 23.1 Å². The van der Waals surface area contributed by atoms with Crippen LogP contribution in [0.2, 0.25) is 0 Å². The van der Waals surface area contributed by atoms with Gasteiger partial charge in [-0.05, 0) is 42.8 Å². The van der Waals surface area contributed by atoms with Crippen molar-refractivity contribution in [1.82, 2.24) is 14.5 Å². The third kappa shape index (κ3) is 2.47. The van der Waals surface area contributed by atoms with Crippen molar-refractivity contribution < 1.29 is 13.6 Å². The highest BCUT2D eigenvalue weighted by molar-refractivity contribution is 6.04. The number of hydrogen-bond acceptors (Lipinski definition) is 3. The molecule has 0 aliphatic heterocycles. The molecule has 4 rings (SSSR count). The third-order valence-corrected chi connectivity index (χ3v) is 4.21. The van der Waals surface area contributed by atoms with E-state index in [0.717, 1.165) is 17.7 Å². The number of benzene rings is 2. The largest absolute Gasteiger partial charge is 0.270 e. The number of nitrogens with zero attached hydrogens (tertiary/aromatic N) is 3. The highest BCUT2D eigenvalue weighted by Crippen LogP contribution is 2.28. The van der Waals surface area contributed by atoms with Crippen LogP contribution in [0.25, 0.3) is 22.4 Å². The van der Waals surface area contributed by atoms with Gasteiger partial charge >= 0.3 is 0 Å². The number of aromatic nitrogens is 3. The highest BCUT2D eigenvalue weighted by Gasteiger charge is 2.25. The summed E-state index contributed by atoms with van der Waals surface area (Å²) in [7, 11) is 0. The highest BCUT2D eigenvalue weighted by atomic mass is 19.1. The van der Waals surface area contributed by atoms with Gasteiger partial charge in [0.25, 0.3) is 5.91 Å². The number of aryl methyl sites for hydroxylation is 1. The second kappa shape index (κ2) is 6.15. The molecule has 0 spiro atoms. The van der Waals surface area contributed by atoms with Crippen LogP contribution in [0.5, 0.6) is 0 Å². The molecule has 4 aromatic rings. The molecule has 6 heteroatoms. The van der Waals surface area contributed by atoms with Gasteiger partial charge in [-0.1, -0.05) is 18.2 Å². The number of hydrogen-bond donors (Lipinski definition) is 0. The monoisotopic (exact) mass is 349 g/mol. The topological polar surface area (TPSA) is 47.8 Å². The van der Waals surface area contributed by atoms with Gasteiger partial charge in [0, 0.05) is 18.0 Å². The molecule has 0 bridgehead atoms. The Labute approximate surface area is 147 Å². The molecule has 0 aliphatic carbocycles. The fraction of sp³-hybridized carbons (Fsp3) is 0.0500. The van der Waals surface area contributed by atoms with Crippen LogP contribution in [0, 0.1) is 18.6 Å². The normalized spacial score (nSPS) is 11.0. The van der Waals surface area contributed by atoms with Gasteiger partial charge in [0.05, 0.1) is 11.0 Å². The van der Waals surface area contributed by atoms with E-state index in [-0.39, 0.29) is 0 Å². The summed E-state index contributed by atoms with van der Waals surface area (Å²) in [5.74, 6) is -2.32. The van der Waals surface area contributed by atoms with Gasteiger partial charge in [0.1, 0.15) is 23.0 Å². The zero-order valence-corrected chi connectivity index (χ0v) is 13.8. The third-order valence-electron chi connectivity index (χ3n) is 4.21. The molecule has 0 fully saturated rings. The Morgan fingerprint density at radius 2 is 1.62 bits per heavy atom. The first-order valence-corrected chi connectivity index (χ1v) is 7.95. The van der Waals surface area contributed by atoms with E-state index in [4.69, 9.17) is 0 Å². The lowest BCUT2D eigenvalue weighted by atomic mass is 10.1. The van der Waals surface area contributed by atoms with Crippen molar-refractivity contribution in [3.8, 4) is 11.4 Å². The summed E-state index contributed by atoms with van der Waals surface area (Å²) in [5, 5.41) is 0. The van der Waals surface area contributed by atoms with E-state index in [1.54, 1.807) is 36.7 Å². The molecule has 2 aromatic heterocycles. The average molecular weight is 349 g/mol. The average Bonchev–Trinajstić information content (AvgIpc) is 3.03. The molecule has 0 unspecified atom stereocenters. The number of halogens is 2. The lowest BCUT2D eigenvalue weighted by molar-refractivity contribution is 0.0958. The maximum atomic E-state index is 14.2. The number of imidazole rings is 1. The number of para-hydroxylation sites is 1. The van der Waals surface area contributed by atoms with Crippen LogP contribution in [0.3, 0.4) is 0 Å². The molecule has 0 saturated heterocycles. The molecule has 0 saturated carbocycles. The first-order valence-electron chi connectivity index (χ1n) is 7.95. The lowest BCUT2D eigenvalue weighted by Gasteiger charge is -2.09. The first-order chi connectivity index (χ1) is 12.6. The van der Waals surface area contributed by atoms with Crippen molar-refractivity contribution in [2.45, 2.75) is 6.92 Å². The van der Waals surface area contributed by atoms with Crippen molar-refractivity contribution in [1.29, 1.82) is 0 Å². The minimum atomic E-state index is -0.912. The summed E-state index contributed by atoms with van der Waals surface area (Å²) in [4.78, 5) is 21.6. The van der Waals surface area contributed by atoms with Crippen molar-refractivity contribution in [2.75, 3.05) is 0 Å². The van der Waals surface area contributed by atoms with Gasteiger partial charge in [0.15, 0.2) is 0 Å². The van der Waals surface area contributed by atoms with Crippen LogP contribution < -0.4 is 0 Å². The Morgan fingerprint density at radius 3 is 2.31 bits per heavy atom. The summed E-state index contributed by atoms with van der Waals surface area (Å²) in [6.07, 6.45) is 3.14. The summed E-state index contributed by atoms with van der Waals surface area (Å²) < 4.78 is 29.7. The van der Waals surface area contributed by atoms with E-state index in [9.17, 15) is 13.6 Å². The maximum absolute atomic E-state index is 14.2. The van der Waals surface area contributed by atoms with E-state index in [1.165, 1.54) is 10.6 Å². The van der Waals surface area contributed by atoms with Gasteiger partial charge in [-0.15, -0.1) is 0 Å². The van der Waals surface area contributed by atoms with E-state index in [2.05, 4.69) is 9.97 Å². The maximum Gasteiger partial charge on any atom is 0.270 e. The van der Waals surface area contributed by atoms with Crippen LogP contribution in [0.1, 0.15) is 15.9 Å². The molecule has 2 heterocycles. The minimum absolute atomic E-state index is 0.310. The summed E-state index contributed by atoms with van der Waals surface area (Å²) >= 11 is 0. The zero-order chi connectivity index (χ0) is 18.3. The van der Waals surface area contributed by atoms with Gasteiger partial charge in [-0.2, -0.15) is 0 Å². The van der Waals surface area contributed by atoms with Crippen LogP contribution >= 0.6 is 0 Å². The second-order valence-electron chi connectivity index (χ2n) is 5.85. The molecular formula is C20H13F2N3O. The van der Waals surface area contributed by atoms with E-state index in [0.29, 0.717) is 22.4 Å². The standard InChI is InChI=1S/C20H13F2N3O/c1-12-4-2-7-16-18(12)24-19(13-8-10-23-11-9-13)25(16)20(26)17-14(21)5-3-6-15(17)22/h2-11H,1H3. The van der Waals surface area contributed by atoms with Crippen LogP contribution in [0.15, 0.2) is 60.9 Å². The quantitative estimate of drug-likeness (QED) is 0.540. The van der Waals surface area contributed by atoms with Crippen molar-refractivity contribution >= 4 is 16.9 Å². The molecular weight excluding hydrogens is 336 g/mol. The second-order valence-corrected chi connectivity index (χ2v) is 5.85. The van der Waals surface area contributed by atoms with Crippen LogP contribution in [-0.2, 0) is 0 Å². The van der Waals surface area contributed by atoms with Crippen LogP contribution in [0.4, 0.5) is 8.78 Å². The molecule has 128 valence electrons. The van der Waals surface area contributed by atoms with Gasteiger partial charge in [0.2, 0.25) is 0 Å². The SMILES string of the molecule is Cc1cccc2c1nc(-c1ccncc1)n2C(=O)c1c(F)cccc1F. The van der Waals surface area contributed by atoms with Crippen LogP contribution in [-0.4, -0.2) is 20.4 Å². The minimum Gasteiger partial charge on any atom is -0.268 e. The van der Waals surface area contributed by atoms with E-state index in [1.807, 2.05) is 13.0 Å². The Kier molecular flexibility index (Phi) is 3.80. The Balaban J connectivity index is 2.05. The zero-order valence-electron chi connectivity index (χ0n) is 13.8. The molecule has 0 amide bonds. The molecule has 0 atom stereocenters. The Hall–Kier alpha value is -3.41. The first kappa shape index (κ1) is 16.1. The fourth-order valence-electron chi connectivity index (χ4n) is 2.95. The molecule has 0 aliphatic rings. The van der Waals surface area contributed by atoms with Gasteiger partial charge < -0.3 is 0 Å². The molecule has 26 heavy (non-hydrogen) atoms. The summed E-state index contributed by atoms with van der Waals surface area (Å²) in [6.45, 7) is 1.87.